The van der Waals surface area contributed by atoms with E-state index in [2.05, 4.69) is 10.3 Å². The molecule has 19 heavy (non-hydrogen) atoms. The third-order valence-electron chi connectivity index (χ3n) is 2.33. The molecule has 0 spiro atoms. The first-order valence-electron chi connectivity index (χ1n) is 6.04. The van der Waals surface area contributed by atoms with E-state index in [1.807, 2.05) is 13.8 Å². The number of hydrogen-bond donors (Lipinski definition) is 2. The second-order valence-corrected chi connectivity index (χ2v) is 5.95. The van der Waals surface area contributed by atoms with Gasteiger partial charge in [-0.25, -0.2) is 9.78 Å². The van der Waals surface area contributed by atoms with Gasteiger partial charge in [0.05, 0.1) is 15.8 Å². The summed E-state index contributed by atoms with van der Waals surface area (Å²) in [5.74, 6) is -0.669. The maximum Gasteiger partial charge on any atom is 0.335 e. The number of thioether (sulfide) groups is 1. The predicted molar refractivity (Wildman–Crippen MR) is 74.4 cm³/mol. The van der Waals surface area contributed by atoms with Crippen molar-refractivity contribution in [3.05, 3.63) is 23.9 Å². The standard InChI is InChI=1S/C13H18N2O3S/c1-8(2)7-15-12(16)9(3)19-11-6-10(13(17)18)4-5-14-11/h4-6,8-9H,7H2,1-3H3,(H,15,16)(H,17,18). The van der Waals surface area contributed by atoms with Crippen LogP contribution in [-0.2, 0) is 4.79 Å². The lowest BCUT2D eigenvalue weighted by Crippen LogP contribution is -2.33. The van der Waals surface area contributed by atoms with Crippen molar-refractivity contribution in [2.24, 2.45) is 5.92 Å². The zero-order valence-electron chi connectivity index (χ0n) is 11.2. The Balaban J connectivity index is 2.61. The second-order valence-electron chi connectivity index (χ2n) is 4.59. The molecule has 0 aliphatic carbocycles. The van der Waals surface area contributed by atoms with Gasteiger partial charge >= 0.3 is 5.97 Å². The third kappa shape index (κ3) is 5.30. The van der Waals surface area contributed by atoms with Gasteiger partial charge in [0.25, 0.3) is 0 Å². The lowest BCUT2D eigenvalue weighted by atomic mass is 10.2. The number of aromatic carboxylic acids is 1. The Kier molecular flexibility index (Phi) is 5.82. The molecule has 0 saturated heterocycles. The van der Waals surface area contributed by atoms with Crippen molar-refractivity contribution < 1.29 is 14.7 Å². The van der Waals surface area contributed by atoms with Gasteiger partial charge in [0.1, 0.15) is 0 Å². The van der Waals surface area contributed by atoms with E-state index in [0.717, 1.165) is 0 Å². The average Bonchev–Trinajstić information content (AvgIpc) is 2.36. The summed E-state index contributed by atoms with van der Waals surface area (Å²) in [6.45, 7) is 6.45. The summed E-state index contributed by atoms with van der Waals surface area (Å²) >= 11 is 1.25. The average molecular weight is 282 g/mol. The smallest absolute Gasteiger partial charge is 0.335 e. The first kappa shape index (κ1) is 15.5. The highest BCUT2D eigenvalue weighted by Crippen LogP contribution is 2.21. The number of rotatable bonds is 6. The SMILES string of the molecule is CC(C)CNC(=O)C(C)Sc1cc(C(=O)O)ccn1. The largest absolute Gasteiger partial charge is 0.478 e. The van der Waals surface area contributed by atoms with Crippen molar-refractivity contribution in [3.63, 3.8) is 0 Å². The summed E-state index contributed by atoms with van der Waals surface area (Å²) in [7, 11) is 0. The normalized spacial score (nSPS) is 12.2. The molecule has 1 heterocycles. The minimum absolute atomic E-state index is 0.0683. The molecule has 0 saturated carbocycles. The molecule has 0 bridgehead atoms. The molecule has 0 fully saturated rings. The summed E-state index contributed by atoms with van der Waals surface area (Å²) in [6.07, 6.45) is 1.44. The molecule has 1 atom stereocenters. The molecule has 0 radical (unpaired) electrons. The molecule has 1 unspecified atom stereocenters. The lowest BCUT2D eigenvalue weighted by molar-refractivity contribution is -0.120. The molecule has 104 valence electrons. The Morgan fingerprint density at radius 3 is 2.68 bits per heavy atom. The van der Waals surface area contributed by atoms with E-state index in [-0.39, 0.29) is 16.7 Å². The van der Waals surface area contributed by atoms with Crippen molar-refractivity contribution in [1.82, 2.24) is 10.3 Å². The number of carboxylic acids is 1. The maximum absolute atomic E-state index is 11.8. The Labute approximate surface area is 116 Å². The zero-order chi connectivity index (χ0) is 14.4. The Morgan fingerprint density at radius 1 is 1.42 bits per heavy atom. The Hall–Kier alpha value is -1.56. The van der Waals surface area contributed by atoms with Crippen molar-refractivity contribution in [3.8, 4) is 0 Å². The molecule has 2 N–H and O–H groups in total. The minimum Gasteiger partial charge on any atom is -0.478 e. The van der Waals surface area contributed by atoms with Crippen LogP contribution in [0.4, 0.5) is 0 Å². The Bertz CT molecular complexity index is 463. The molecule has 5 nitrogen and oxygen atoms in total. The van der Waals surface area contributed by atoms with E-state index < -0.39 is 5.97 Å². The van der Waals surface area contributed by atoms with Gasteiger partial charge in [-0.2, -0.15) is 0 Å². The van der Waals surface area contributed by atoms with Crippen molar-refractivity contribution in [1.29, 1.82) is 0 Å². The third-order valence-corrected chi connectivity index (χ3v) is 3.37. The fourth-order valence-corrected chi connectivity index (χ4v) is 2.16. The van der Waals surface area contributed by atoms with Crippen LogP contribution in [0.3, 0.4) is 0 Å². The van der Waals surface area contributed by atoms with Crippen LogP contribution < -0.4 is 5.32 Å². The molecule has 0 aromatic carbocycles. The molecule has 0 aliphatic rings. The van der Waals surface area contributed by atoms with Gasteiger partial charge in [-0.15, -0.1) is 0 Å². The summed E-state index contributed by atoms with van der Waals surface area (Å²) in [5.41, 5.74) is 0.173. The maximum atomic E-state index is 11.8. The van der Waals surface area contributed by atoms with Gasteiger partial charge in [-0.05, 0) is 25.0 Å². The number of pyridine rings is 1. The summed E-state index contributed by atoms with van der Waals surface area (Å²) < 4.78 is 0. The van der Waals surface area contributed by atoms with E-state index in [1.54, 1.807) is 6.92 Å². The van der Waals surface area contributed by atoms with Crippen molar-refractivity contribution in [2.75, 3.05) is 6.54 Å². The number of amides is 1. The highest BCUT2D eigenvalue weighted by atomic mass is 32.2. The van der Waals surface area contributed by atoms with Crippen LogP contribution in [-0.4, -0.2) is 33.8 Å². The molecule has 1 amide bonds. The monoisotopic (exact) mass is 282 g/mol. The Morgan fingerprint density at radius 2 is 2.11 bits per heavy atom. The van der Waals surface area contributed by atoms with Crippen LogP contribution in [0.2, 0.25) is 0 Å². The zero-order valence-corrected chi connectivity index (χ0v) is 12.0. The lowest BCUT2D eigenvalue weighted by Gasteiger charge is -2.13. The first-order valence-corrected chi connectivity index (χ1v) is 6.92. The molecule has 6 heteroatoms. The summed E-state index contributed by atoms with van der Waals surface area (Å²) in [4.78, 5) is 26.7. The molecule has 1 aromatic rings. The quantitative estimate of drug-likeness (QED) is 0.780. The molecule has 1 aromatic heterocycles. The van der Waals surface area contributed by atoms with Crippen LogP contribution in [0, 0.1) is 5.92 Å². The summed E-state index contributed by atoms with van der Waals surface area (Å²) in [6, 6.07) is 2.90. The molecule has 1 rings (SSSR count). The van der Waals surface area contributed by atoms with Gasteiger partial charge in [-0.3, -0.25) is 4.79 Å². The molecular formula is C13H18N2O3S. The van der Waals surface area contributed by atoms with E-state index in [9.17, 15) is 9.59 Å². The van der Waals surface area contributed by atoms with Gasteiger partial charge in [-0.1, -0.05) is 25.6 Å². The van der Waals surface area contributed by atoms with Crippen LogP contribution in [0.5, 0.6) is 0 Å². The molecule has 0 aliphatic heterocycles. The topological polar surface area (TPSA) is 79.3 Å². The minimum atomic E-state index is -0.999. The van der Waals surface area contributed by atoms with Crippen LogP contribution in [0.25, 0.3) is 0 Å². The summed E-state index contributed by atoms with van der Waals surface area (Å²) in [5, 5.41) is 11.9. The van der Waals surface area contributed by atoms with E-state index >= 15 is 0 Å². The van der Waals surface area contributed by atoms with Crippen LogP contribution >= 0.6 is 11.8 Å². The predicted octanol–water partition coefficient (Wildman–Crippen LogP) is 2.03. The number of hydrogen-bond acceptors (Lipinski definition) is 4. The molecular weight excluding hydrogens is 264 g/mol. The van der Waals surface area contributed by atoms with Crippen molar-refractivity contribution in [2.45, 2.75) is 31.0 Å². The fourth-order valence-electron chi connectivity index (χ4n) is 1.29. The second kappa shape index (κ2) is 7.13. The van der Waals surface area contributed by atoms with Crippen molar-refractivity contribution >= 4 is 23.6 Å². The van der Waals surface area contributed by atoms with Crippen LogP contribution in [0.15, 0.2) is 23.4 Å². The number of nitrogens with one attached hydrogen (secondary N) is 1. The number of carbonyl (C=O) groups is 2. The van der Waals surface area contributed by atoms with Gasteiger partial charge in [0, 0.05) is 12.7 Å². The van der Waals surface area contributed by atoms with Gasteiger partial charge in [0.15, 0.2) is 0 Å². The van der Waals surface area contributed by atoms with Gasteiger partial charge in [0.2, 0.25) is 5.91 Å². The fraction of sp³-hybridized carbons (Fsp3) is 0.462. The first-order chi connectivity index (χ1) is 8.90. The highest BCUT2D eigenvalue weighted by molar-refractivity contribution is 8.00. The number of nitrogens with zero attached hydrogens (tertiary/aromatic N) is 1. The van der Waals surface area contributed by atoms with E-state index in [4.69, 9.17) is 5.11 Å². The highest BCUT2D eigenvalue weighted by Gasteiger charge is 2.15. The number of aromatic nitrogens is 1. The number of carboxylic acid groups (broad SMARTS) is 1. The van der Waals surface area contributed by atoms with Crippen LogP contribution in [0.1, 0.15) is 31.1 Å². The number of carbonyl (C=O) groups excluding carboxylic acids is 1. The van der Waals surface area contributed by atoms with E-state index in [1.165, 1.54) is 30.1 Å². The van der Waals surface area contributed by atoms with E-state index in [0.29, 0.717) is 17.5 Å². The van der Waals surface area contributed by atoms with Gasteiger partial charge < -0.3 is 10.4 Å².